The molecule has 0 atom stereocenters. The molecule has 111 valence electrons. The van der Waals surface area contributed by atoms with Crippen LogP contribution in [0.1, 0.15) is 40.0 Å². The quantitative estimate of drug-likeness (QED) is 0.543. The molecule has 0 bridgehead atoms. The Morgan fingerprint density at radius 3 is 1.62 bits per heavy atom. The molecule has 2 aromatic rings. The Balaban J connectivity index is 2.04. The first-order chi connectivity index (χ1) is 10.1. The van der Waals surface area contributed by atoms with E-state index >= 15 is 0 Å². The lowest BCUT2D eigenvalue weighted by atomic mass is 9.90. The molecule has 0 saturated heterocycles. The molecule has 0 spiro atoms. The molecular weight excluding hydrogens is 268 g/mol. The van der Waals surface area contributed by atoms with E-state index in [-0.39, 0.29) is 0 Å². The third-order valence-electron chi connectivity index (χ3n) is 3.85. The van der Waals surface area contributed by atoms with Gasteiger partial charge in [0.25, 0.3) is 0 Å². The first-order valence-corrected chi connectivity index (χ1v) is 9.74. The van der Waals surface area contributed by atoms with Crippen LogP contribution in [0.4, 0.5) is 0 Å². The van der Waals surface area contributed by atoms with Crippen molar-refractivity contribution in [3.63, 3.8) is 0 Å². The summed E-state index contributed by atoms with van der Waals surface area (Å²) in [5.41, 5.74) is 0.465. The lowest BCUT2D eigenvalue weighted by Crippen LogP contribution is -2.41. The normalized spacial score (nSPS) is 11.8. The highest BCUT2D eigenvalue weighted by molar-refractivity contribution is 6.85. The fourth-order valence-corrected chi connectivity index (χ4v) is 5.39. The summed E-state index contributed by atoms with van der Waals surface area (Å²) >= 11 is 0. The number of unbranched alkanes of at least 4 members (excludes halogenated alkanes) is 1. The van der Waals surface area contributed by atoms with Gasteiger partial charge in [0.1, 0.15) is 8.80 Å². The third-order valence-corrected chi connectivity index (χ3v) is 6.76. The van der Waals surface area contributed by atoms with Gasteiger partial charge in [-0.3, -0.25) is 0 Å². The van der Waals surface area contributed by atoms with Gasteiger partial charge in [-0.15, -0.1) is 0 Å². The Hall–Kier alpha value is -1.34. The average molecular weight is 296 g/mol. The molecule has 0 amide bonds. The summed E-state index contributed by atoms with van der Waals surface area (Å²) in [5.74, 6) is 0. The van der Waals surface area contributed by atoms with Gasteiger partial charge < -0.3 is 0 Å². The average Bonchev–Trinajstić information content (AvgIpc) is 2.48. The Bertz CT molecular complexity index is 471. The van der Waals surface area contributed by atoms with E-state index in [0.717, 1.165) is 0 Å². The Kier molecular flexibility index (Phi) is 5.81. The predicted octanol–water partition coefficient (Wildman–Crippen LogP) is 4.51. The second-order valence-electron chi connectivity index (χ2n) is 6.98. The molecule has 21 heavy (non-hydrogen) atoms. The molecule has 0 fully saturated rings. The summed E-state index contributed by atoms with van der Waals surface area (Å²) in [6, 6.07) is 23.5. The summed E-state index contributed by atoms with van der Waals surface area (Å²) in [6.07, 6.45) is 4.01. The molecule has 0 unspecified atom stereocenters. The topological polar surface area (TPSA) is 0 Å². The van der Waals surface area contributed by atoms with Crippen molar-refractivity contribution >= 4 is 19.2 Å². The van der Waals surface area contributed by atoms with Crippen LogP contribution in [0.5, 0.6) is 0 Å². The zero-order valence-electron chi connectivity index (χ0n) is 13.6. The minimum atomic E-state index is -0.617. The van der Waals surface area contributed by atoms with Gasteiger partial charge in [-0.1, -0.05) is 111 Å². The fraction of sp³-hybridized carbons (Fsp3) is 0.400. The number of benzene rings is 2. The van der Waals surface area contributed by atoms with Crippen molar-refractivity contribution in [3.05, 3.63) is 60.7 Å². The highest BCUT2D eigenvalue weighted by Crippen LogP contribution is 2.22. The Labute approximate surface area is 131 Å². The van der Waals surface area contributed by atoms with E-state index in [9.17, 15) is 0 Å². The van der Waals surface area contributed by atoms with E-state index in [1.54, 1.807) is 10.4 Å². The molecular formula is C20H27Si. The third kappa shape index (κ3) is 5.51. The van der Waals surface area contributed by atoms with Gasteiger partial charge in [0.15, 0.2) is 0 Å². The van der Waals surface area contributed by atoms with Gasteiger partial charge in [-0.25, -0.2) is 0 Å². The smallest absolute Gasteiger partial charge is 0.0628 e. The summed E-state index contributed by atoms with van der Waals surface area (Å²) in [4.78, 5) is 0. The maximum absolute atomic E-state index is 2.34. The van der Waals surface area contributed by atoms with Gasteiger partial charge in [0.05, 0.1) is 0 Å². The van der Waals surface area contributed by atoms with Crippen molar-refractivity contribution in [1.29, 1.82) is 0 Å². The number of rotatable bonds is 6. The van der Waals surface area contributed by atoms with Crippen LogP contribution in [0, 0.1) is 5.41 Å². The molecule has 1 heteroatoms. The zero-order chi connectivity index (χ0) is 15.1. The van der Waals surface area contributed by atoms with Crippen LogP contribution in [0.2, 0.25) is 6.04 Å². The maximum Gasteiger partial charge on any atom is 0.121 e. The van der Waals surface area contributed by atoms with Crippen LogP contribution in [-0.2, 0) is 0 Å². The van der Waals surface area contributed by atoms with Crippen LogP contribution < -0.4 is 10.4 Å². The zero-order valence-corrected chi connectivity index (χ0v) is 14.6. The highest BCUT2D eigenvalue weighted by atomic mass is 28.3. The van der Waals surface area contributed by atoms with Crippen LogP contribution in [0.15, 0.2) is 60.7 Å². The SMILES string of the molecule is CC(C)(C)CCCC[Si](c1ccccc1)c1ccccc1. The molecule has 0 N–H and O–H groups in total. The molecule has 2 aromatic carbocycles. The highest BCUT2D eigenvalue weighted by Gasteiger charge is 2.17. The summed E-state index contributed by atoms with van der Waals surface area (Å²) in [6.45, 7) is 7.02. The molecule has 0 aliphatic heterocycles. The van der Waals surface area contributed by atoms with Crippen LogP contribution in [-0.4, -0.2) is 8.80 Å². The molecule has 2 rings (SSSR count). The minimum absolute atomic E-state index is 0.465. The molecule has 0 nitrogen and oxygen atoms in total. The lowest BCUT2D eigenvalue weighted by Gasteiger charge is -2.19. The number of hydrogen-bond acceptors (Lipinski definition) is 0. The van der Waals surface area contributed by atoms with Gasteiger partial charge in [-0.2, -0.15) is 0 Å². The van der Waals surface area contributed by atoms with E-state index in [0.29, 0.717) is 5.41 Å². The van der Waals surface area contributed by atoms with E-state index in [1.807, 2.05) is 0 Å². The van der Waals surface area contributed by atoms with Crippen molar-refractivity contribution < 1.29 is 0 Å². The summed E-state index contributed by atoms with van der Waals surface area (Å²) < 4.78 is 0. The Morgan fingerprint density at radius 2 is 1.19 bits per heavy atom. The monoisotopic (exact) mass is 295 g/mol. The molecule has 0 aliphatic carbocycles. The van der Waals surface area contributed by atoms with E-state index in [4.69, 9.17) is 0 Å². The summed E-state index contributed by atoms with van der Waals surface area (Å²) in [7, 11) is -0.617. The van der Waals surface area contributed by atoms with Crippen LogP contribution in [0.25, 0.3) is 0 Å². The van der Waals surface area contributed by atoms with Crippen molar-refractivity contribution in [3.8, 4) is 0 Å². The van der Waals surface area contributed by atoms with Gasteiger partial charge in [-0.05, 0) is 11.8 Å². The molecule has 1 radical (unpaired) electrons. The second kappa shape index (κ2) is 7.60. The summed E-state index contributed by atoms with van der Waals surface area (Å²) in [5, 5.41) is 3.09. The Morgan fingerprint density at radius 1 is 0.714 bits per heavy atom. The maximum atomic E-state index is 2.34. The molecule has 0 aliphatic rings. The predicted molar refractivity (Wildman–Crippen MR) is 96.0 cm³/mol. The lowest BCUT2D eigenvalue weighted by molar-refractivity contribution is 0.363. The van der Waals surface area contributed by atoms with Crippen LogP contribution in [0.3, 0.4) is 0 Å². The first kappa shape index (κ1) is 16.0. The fourth-order valence-electron chi connectivity index (χ4n) is 2.69. The van der Waals surface area contributed by atoms with E-state index in [1.165, 1.54) is 25.3 Å². The largest absolute Gasteiger partial charge is 0.121 e. The van der Waals surface area contributed by atoms with Crippen molar-refractivity contribution in [2.75, 3.05) is 0 Å². The molecule has 0 heterocycles. The van der Waals surface area contributed by atoms with Gasteiger partial charge in [0, 0.05) is 0 Å². The van der Waals surface area contributed by atoms with Gasteiger partial charge >= 0.3 is 0 Å². The minimum Gasteiger partial charge on any atom is -0.0628 e. The first-order valence-electron chi connectivity index (χ1n) is 8.03. The molecule has 0 aromatic heterocycles. The molecule has 0 saturated carbocycles. The van der Waals surface area contributed by atoms with Gasteiger partial charge in [0.2, 0.25) is 0 Å². The van der Waals surface area contributed by atoms with Crippen molar-refractivity contribution in [2.24, 2.45) is 5.41 Å². The van der Waals surface area contributed by atoms with E-state index < -0.39 is 8.80 Å². The van der Waals surface area contributed by atoms with Crippen molar-refractivity contribution in [2.45, 2.75) is 46.1 Å². The standard InChI is InChI=1S/C20H27Si/c1-20(2,3)16-10-11-17-21(18-12-6-4-7-13-18)19-14-8-5-9-15-19/h4-9,12-15H,10-11,16-17H2,1-3H3. The van der Waals surface area contributed by atoms with Crippen LogP contribution >= 0.6 is 0 Å². The second-order valence-corrected chi connectivity index (χ2v) is 9.59. The van der Waals surface area contributed by atoms with E-state index in [2.05, 4.69) is 81.4 Å². The van der Waals surface area contributed by atoms with Crippen molar-refractivity contribution in [1.82, 2.24) is 0 Å². The number of hydrogen-bond donors (Lipinski definition) is 0.